The first-order chi connectivity index (χ1) is 7.81. The molecule has 1 heterocycles. The van der Waals surface area contributed by atoms with Crippen molar-refractivity contribution in [3.63, 3.8) is 0 Å². The average Bonchev–Trinajstić information content (AvgIpc) is 2.62. The number of hydrogen-bond donors (Lipinski definition) is 1. The summed E-state index contributed by atoms with van der Waals surface area (Å²) in [6.45, 7) is 5.64. The van der Waals surface area contributed by atoms with Crippen LogP contribution in [0.5, 0.6) is 0 Å². The van der Waals surface area contributed by atoms with E-state index in [1.807, 2.05) is 11.3 Å². The SMILES string of the molecule is CCCNC(CC1CCC1)c1sccc1C. The zero-order valence-electron chi connectivity index (χ0n) is 10.5. The fourth-order valence-corrected chi connectivity index (χ4v) is 3.42. The van der Waals surface area contributed by atoms with E-state index in [0.29, 0.717) is 6.04 Å². The van der Waals surface area contributed by atoms with Crippen LogP contribution in [0.4, 0.5) is 0 Å². The second-order valence-corrected chi connectivity index (χ2v) is 5.95. The van der Waals surface area contributed by atoms with Crippen molar-refractivity contribution < 1.29 is 0 Å². The van der Waals surface area contributed by atoms with Crippen LogP contribution in [0, 0.1) is 12.8 Å². The summed E-state index contributed by atoms with van der Waals surface area (Å²) in [7, 11) is 0. The van der Waals surface area contributed by atoms with Gasteiger partial charge in [0.05, 0.1) is 0 Å². The summed E-state index contributed by atoms with van der Waals surface area (Å²) >= 11 is 1.92. The molecule has 90 valence electrons. The van der Waals surface area contributed by atoms with Crippen LogP contribution in [-0.4, -0.2) is 6.54 Å². The molecular weight excluding hydrogens is 214 g/mol. The van der Waals surface area contributed by atoms with Gasteiger partial charge in [0.25, 0.3) is 0 Å². The molecule has 16 heavy (non-hydrogen) atoms. The highest BCUT2D eigenvalue weighted by Crippen LogP contribution is 2.37. The lowest BCUT2D eigenvalue weighted by Crippen LogP contribution is -2.26. The molecule has 2 heteroatoms. The van der Waals surface area contributed by atoms with Gasteiger partial charge in [-0.3, -0.25) is 0 Å². The second-order valence-electron chi connectivity index (χ2n) is 5.01. The zero-order chi connectivity index (χ0) is 11.4. The average molecular weight is 237 g/mol. The molecule has 1 unspecified atom stereocenters. The van der Waals surface area contributed by atoms with E-state index in [1.165, 1.54) is 37.7 Å². The topological polar surface area (TPSA) is 12.0 Å². The van der Waals surface area contributed by atoms with E-state index in [1.54, 1.807) is 4.88 Å². The van der Waals surface area contributed by atoms with Gasteiger partial charge in [-0.25, -0.2) is 0 Å². The van der Waals surface area contributed by atoms with Gasteiger partial charge in [-0.15, -0.1) is 11.3 Å². The van der Waals surface area contributed by atoms with Crippen LogP contribution in [0.3, 0.4) is 0 Å². The fraction of sp³-hybridized carbons (Fsp3) is 0.714. The van der Waals surface area contributed by atoms with E-state index in [4.69, 9.17) is 0 Å². The maximum absolute atomic E-state index is 3.72. The van der Waals surface area contributed by atoms with Crippen LogP contribution in [0.2, 0.25) is 0 Å². The first-order valence-corrected chi connectivity index (χ1v) is 7.46. The van der Waals surface area contributed by atoms with E-state index in [-0.39, 0.29) is 0 Å². The molecule has 1 nitrogen and oxygen atoms in total. The quantitative estimate of drug-likeness (QED) is 0.778. The monoisotopic (exact) mass is 237 g/mol. The standard InChI is InChI=1S/C14H23NS/c1-3-8-15-13(10-12-5-4-6-12)14-11(2)7-9-16-14/h7,9,12-13,15H,3-6,8,10H2,1-2H3. The lowest BCUT2D eigenvalue weighted by Gasteiger charge is -2.30. The molecule has 1 aromatic rings. The largest absolute Gasteiger partial charge is 0.309 e. The van der Waals surface area contributed by atoms with Crippen molar-refractivity contribution in [1.29, 1.82) is 0 Å². The van der Waals surface area contributed by atoms with Crippen molar-refractivity contribution in [1.82, 2.24) is 5.32 Å². The molecule has 1 atom stereocenters. The van der Waals surface area contributed by atoms with Crippen molar-refractivity contribution in [3.8, 4) is 0 Å². The molecule has 0 radical (unpaired) electrons. The number of aryl methyl sites for hydroxylation is 1. The van der Waals surface area contributed by atoms with E-state index < -0.39 is 0 Å². The summed E-state index contributed by atoms with van der Waals surface area (Å²) in [5, 5.41) is 5.95. The number of nitrogens with one attached hydrogen (secondary N) is 1. The Morgan fingerprint density at radius 2 is 2.31 bits per heavy atom. The molecule has 1 aromatic heterocycles. The highest BCUT2D eigenvalue weighted by Gasteiger charge is 2.24. The van der Waals surface area contributed by atoms with Crippen molar-refractivity contribution in [2.24, 2.45) is 5.92 Å². The summed E-state index contributed by atoms with van der Waals surface area (Å²) in [6.07, 6.45) is 6.94. The third kappa shape index (κ3) is 2.86. The molecule has 0 aliphatic heterocycles. The lowest BCUT2D eigenvalue weighted by molar-refractivity contribution is 0.262. The second kappa shape index (κ2) is 5.83. The van der Waals surface area contributed by atoms with Gasteiger partial charge in [0, 0.05) is 10.9 Å². The van der Waals surface area contributed by atoms with Crippen LogP contribution >= 0.6 is 11.3 Å². The maximum Gasteiger partial charge on any atom is 0.0420 e. The highest BCUT2D eigenvalue weighted by atomic mass is 32.1. The van der Waals surface area contributed by atoms with Gasteiger partial charge in [-0.1, -0.05) is 26.2 Å². The van der Waals surface area contributed by atoms with Gasteiger partial charge in [-0.2, -0.15) is 0 Å². The number of rotatable bonds is 6. The Hall–Kier alpha value is -0.340. The third-order valence-electron chi connectivity index (χ3n) is 3.65. The minimum Gasteiger partial charge on any atom is -0.309 e. The molecule has 0 saturated heterocycles. The van der Waals surface area contributed by atoms with Crippen molar-refractivity contribution in [2.45, 2.75) is 52.0 Å². The molecule has 1 aliphatic rings. The van der Waals surface area contributed by atoms with E-state index in [9.17, 15) is 0 Å². The van der Waals surface area contributed by atoms with Crippen LogP contribution in [0.25, 0.3) is 0 Å². The number of thiophene rings is 1. The Morgan fingerprint density at radius 3 is 2.81 bits per heavy atom. The van der Waals surface area contributed by atoms with Crippen LogP contribution in [0.1, 0.15) is 55.5 Å². The third-order valence-corrected chi connectivity index (χ3v) is 4.79. The van der Waals surface area contributed by atoms with Gasteiger partial charge < -0.3 is 5.32 Å². The first kappa shape index (κ1) is 12.1. The first-order valence-electron chi connectivity index (χ1n) is 6.58. The van der Waals surface area contributed by atoms with Gasteiger partial charge in [0.15, 0.2) is 0 Å². The Balaban J connectivity index is 1.98. The van der Waals surface area contributed by atoms with E-state index in [0.717, 1.165) is 12.5 Å². The van der Waals surface area contributed by atoms with Gasteiger partial charge >= 0.3 is 0 Å². The molecule has 2 rings (SSSR count). The Kier molecular flexibility index (Phi) is 4.42. The lowest BCUT2D eigenvalue weighted by atomic mass is 9.80. The van der Waals surface area contributed by atoms with Crippen LogP contribution < -0.4 is 5.32 Å². The molecule has 1 saturated carbocycles. The van der Waals surface area contributed by atoms with Gasteiger partial charge in [-0.05, 0) is 49.2 Å². The highest BCUT2D eigenvalue weighted by molar-refractivity contribution is 7.10. The van der Waals surface area contributed by atoms with Crippen LogP contribution in [-0.2, 0) is 0 Å². The predicted molar refractivity (Wildman–Crippen MR) is 72.0 cm³/mol. The Bertz CT molecular complexity index is 314. The number of hydrogen-bond acceptors (Lipinski definition) is 2. The molecule has 1 aliphatic carbocycles. The Labute approximate surface area is 103 Å². The van der Waals surface area contributed by atoms with Crippen LogP contribution in [0.15, 0.2) is 11.4 Å². The molecule has 0 amide bonds. The molecule has 1 N–H and O–H groups in total. The Morgan fingerprint density at radius 1 is 1.50 bits per heavy atom. The molecule has 1 fully saturated rings. The summed E-state index contributed by atoms with van der Waals surface area (Å²) < 4.78 is 0. The minimum atomic E-state index is 0.616. The van der Waals surface area contributed by atoms with Crippen molar-refractivity contribution >= 4 is 11.3 Å². The molecular formula is C14H23NS. The summed E-state index contributed by atoms with van der Waals surface area (Å²) in [5.41, 5.74) is 1.47. The predicted octanol–water partition coefficient (Wildman–Crippen LogP) is 4.29. The smallest absolute Gasteiger partial charge is 0.0420 e. The van der Waals surface area contributed by atoms with Gasteiger partial charge in [0.2, 0.25) is 0 Å². The molecule has 0 spiro atoms. The van der Waals surface area contributed by atoms with Crippen molar-refractivity contribution in [2.75, 3.05) is 6.54 Å². The maximum atomic E-state index is 3.72. The van der Waals surface area contributed by atoms with Crippen molar-refractivity contribution in [3.05, 3.63) is 21.9 Å². The molecule has 0 aromatic carbocycles. The van der Waals surface area contributed by atoms with E-state index in [2.05, 4.69) is 30.6 Å². The van der Waals surface area contributed by atoms with Gasteiger partial charge in [0.1, 0.15) is 0 Å². The summed E-state index contributed by atoms with van der Waals surface area (Å²) in [4.78, 5) is 1.57. The fourth-order valence-electron chi connectivity index (χ4n) is 2.40. The minimum absolute atomic E-state index is 0.616. The molecule has 0 bridgehead atoms. The normalized spacial score (nSPS) is 18.4. The summed E-state index contributed by atoms with van der Waals surface area (Å²) in [6, 6.07) is 2.87. The zero-order valence-corrected chi connectivity index (χ0v) is 11.3. The van der Waals surface area contributed by atoms with E-state index >= 15 is 0 Å². The summed E-state index contributed by atoms with van der Waals surface area (Å²) in [5.74, 6) is 0.982.